The van der Waals surface area contributed by atoms with Crippen LogP contribution in [0, 0.1) is 17.1 Å². The van der Waals surface area contributed by atoms with E-state index in [0.29, 0.717) is 0 Å². The van der Waals surface area contributed by atoms with Gasteiger partial charge >= 0.3 is 5.97 Å². The van der Waals surface area contributed by atoms with Crippen molar-refractivity contribution >= 4 is 23.5 Å². The number of hydrogen-bond donors (Lipinski definition) is 0. The number of aromatic nitrogens is 1. The molecule has 1 aliphatic rings. The molecular formula is C19H14ClFN2O3. The van der Waals surface area contributed by atoms with E-state index in [2.05, 4.69) is 0 Å². The summed E-state index contributed by atoms with van der Waals surface area (Å²) >= 11 is 6.22. The molecule has 132 valence electrons. The van der Waals surface area contributed by atoms with Gasteiger partial charge in [-0.3, -0.25) is 4.57 Å². The monoisotopic (exact) mass is 372 g/mol. The third-order valence-corrected chi connectivity index (χ3v) is 4.42. The first kappa shape index (κ1) is 17.8. The van der Waals surface area contributed by atoms with Gasteiger partial charge in [-0.25, -0.2) is 9.18 Å². The van der Waals surface area contributed by atoms with Crippen LogP contribution in [0.15, 0.2) is 59.6 Å². The Balaban J connectivity index is 2.33. The van der Waals surface area contributed by atoms with Gasteiger partial charge in [-0.15, -0.1) is 0 Å². The minimum Gasteiger partial charge on any atom is -0.466 e. The molecule has 0 unspecified atom stereocenters. The van der Waals surface area contributed by atoms with Crippen LogP contribution in [-0.4, -0.2) is 17.6 Å². The second-order valence-electron chi connectivity index (χ2n) is 5.55. The summed E-state index contributed by atoms with van der Waals surface area (Å²) in [5.41, 5.74) is 0.115. The van der Waals surface area contributed by atoms with Crippen LogP contribution in [0.5, 0.6) is 0 Å². The third-order valence-electron chi connectivity index (χ3n) is 4.09. The molecule has 1 atom stereocenters. The zero-order valence-corrected chi connectivity index (χ0v) is 14.7. The number of hydrogen-bond acceptors (Lipinski definition) is 4. The second kappa shape index (κ2) is 7.06. The molecule has 0 saturated heterocycles. The molecule has 0 N–H and O–H groups in total. The van der Waals surface area contributed by atoms with Crippen LogP contribution in [0.1, 0.15) is 18.4 Å². The van der Waals surface area contributed by atoms with Crippen LogP contribution in [0.4, 0.5) is 4.39 Å². The van der Waals surface area contributed by atoms with Gasteiger partial charge in [0.05, 0.1) is 18.6 Å². The number of nitriles is 1. The van der Waals surface area contributed by atoms with Gasteiger partial charge in [0.25, 0.3) is 0 Å². The Kier molecular flexibility index (Phi) is 4.83. The van der Waals surface area contributed by atoms with E-state index in [-0.39, 0.29) is 33.4 Å². The fourth-order valence-corrected chi connectivity index (χ4v) is 3.22. The van der Waals surface area contributed by atoms with E-state index in [1.807, 2.05) is 6.07 Å². The van der Waals surface area contributed by atoms with Crippen LogP contribution in [0.2, 0.25) is 5.02 Å². The Labute approximate surface area is 154 Å². The number of esters is 1. The van der Waals surface area contributed by atoms with E-state index in [1.54, 1.807) is 36.0 Å². The molecule has 1 aromatic carbocycles. The van der Waals surface area contributed by atoms with Gasteiger partial charge in [-0.1, -0.05) is 17.7 Å². The second-order valence-corrected chi connectivity index (χ2v) is 5.96. The summed E-state index contributed by atoms with van der Waals surface area (Å²) in [5.74, 6) is -1.99. The summed E-state index contributed by atoms with van der Waals surface area (Å²) in [6.45, 7) is 1.56. The van der Waals surface area contributed by atoms with Gasteiger partial charge < -0.3 is 9.47 Å². The Bertz CT molecular complexity index is 951. The fraction of sp³-hybridized carbons (Fsp3) is 0.158. The van der Waals surface area contributed by atoms with E-state index in [0.717, 1.165) is 0 Å². The number of methoxy groups -OCH3 is 1. The van der Waals surface area contributed by atoms with Crippen molar-refractivity contribution < 1.29 is 18.7 Å². The maximum Gasteiger partial charge on any atom is 0.338 e. The molecule has 3 rings (SSSR count). The molecule has 0 radical (unpaired) electrons. The highest BCUT2D eigenvalue weighted by molar-refractivity contribution is 6.31. The average Bonchev–Trinajstić information content (AvgIpc) is 3.15. The number of allylic oxidation sites excluding steroid dienone is 2. The Morgan fingerprint density at radius 2 is 2.04 bits per heavy atom. The zero-order chi connectivity index (χ0) is 18.8. The third kappa shape index (κ3) is 2.87. The average molecular weight is 373 g/mol. The largest absolute Gasteiger partial charge is 0.466 e. The summed E-state index contributed by atoms with van der Waals surface area (Å²) in [6, 6.07) is 9.74. The number of rotatable bonds is 3. The van der Waals surface area contributed by atoms with E-state index < -0.39 is 17.7 Å². The molecule has 0 fully saturated rings. The van der Waals surface area contributed by atoms with Crippen molar-refractivity contribution in [3.05, 3.63) is 76.0 Å². The van der Waals surface area contributed by atoms with Crippen LogP contribution >= 0.6 is 11.6 Å². The number of benzene rings is 1. The van der Waals surface area contributed by atoms with E-state index in [9.17, 15) is 14.4 Å². The van der Waals surface area contributed by atoms with Crippen molar-refractivity contribution in [2.75, 3.05) is 7.11 Å². The summed E-state index contributed by atoms with van der Waals surface area (Å²) < 4.78 is 26.8. The lowest BCUT2D eigenvalue weighted by Gasteiger charge is -2.29. The molecule has 26 heavy (non-hydrogen) atoms. The summed E-state index contributed by atoms with van der Waals surface area (Å²) in [5, 5.41) is 9.89. The van der Waals surface area contributed by atoms with Gasteiger partial charge in [0, 0.05) is 23.0 Å². The Morgan fingerprint density at radius 3 is 2.62 bits per heavy atom. The van der Waals surface area contributed by atoms with E-state index >= 15 is 0 Å². The van der Waals surface area contributed by atoms with Gasteiger partial charge in [0.15, 0.2) is 0 Å². The summed E-state index contributed by atoms with van der Waals surface area (Å²) in [6.07, 6.45) is 3.37. The molecule has 5 nitrogen and oxygen atoms in total. The normalized spacial score (nSPS) is 17.0. The lowest BCUT2D eigenvalue weighted by atomic mass is 9.82. The standard InChI is InChI=1S/C19H14ClFN2O3/c1-11-15(19(24)25-2)16(17-13(20)6-5-7-14(17)21)12(10-22)18(26-11)23-8-3-4-9-23/h3-9,16H,1-2H3/t16-/m0/s1. The topological polar surface area (TPSA) is 64.2 Å². The highest BCUT2D eigenvalue weighted by atomic mass is 35.5. The van der Waals surface area contributed by atoms with Crippen molar-refractivity contribution in [1.82, 2.24) is 4.57 Å². The molecule has 1 aromatic heterocycles. The van der Waals surface area contributed by atoms with Crippen molar-refractivity contribution in [3.63, 3.8) is 0 Å². The van der Waals surface area contributed by atoms with Gasteiger partial charge in [-0.2, -0.15) is 5.26 Å². The number of carbonyl (C=O) groups is 1. The maximum absolute atomic E-state index is 14.6. The zero-order valence-electron chi connectivity index (χ0n) is 14.0. The van der Waals surface area contributed by atoms with Crippen LogP contribution in [-0.2, 0) is 14.3 Å². The number of carbonyl (C=O) groups excluding carboxylic acids is 1. The number of halogens is 2. The van der Waals surface area contributed by atoms with E-state index in [1.165, 1.54) is 25.3 Å². The minimum absolute atomic E-state index is 0.0263. The first-order chi connectivity index (χ1) is 12.5. The molecule has 0 bridgehead atoms. The molecule has 0 spiro atoms. The highest BCUT2D eigenvalue weighted by Gasteiger charge is 2.39. The number of nitrogens with zero attached hydrogens (tertiary/aromatic N) is 2. The van der Waals surface area contributed by atoms with Gasteiger partial charge in [-0.05, 0) is 31.2 Å². The summed E-state index contributed by atoms with van der Waals surface area (Å²) in [4.78, 5) is 12.4. The first-order valence-electron chi connectivity index (χ1n) is 7.68. The Morgan fingerprint density at radius 1 is 1.35 bits per heavy atom. The SMILES string of the molecule is COC(=O)C1=C(C)OC(n2cccc2)=C(C#N)[C@@H]1c1c(F)cccc1Cl. The lowest BCUT2D eigenvalue weighted by molar-refractivity contribution is -0.136. The van der Waals surface area contributed by atoms with Crippen molar-refractivity contribution in [2.24, 2.45) is 0 Å². The molecule has 7 heteroatoms. The first-order valence-corrected chi connectivity index (χ1v) is 8.05. The summed E-state index contributed by atoms with van der Waals surface area (Å²) in [7, 11) is 1.21. The quantitative estimate of drug-likeness (QED) is 0.756. The van der Waals surface area contributed by atoms with Gasteiger partial charge in [0.1, 0.15) is 23.2 Å². The molecular weight excluding hydrogens is 359 g/mol. The number of ether oxygens (including phenoxy) is 2. The lowest BCUT2D eigenvalue weighted by Crippen LogP contribution is -2.24. The molecule has 0 aliphatic carbocycles. The van der Waals surface area contributed by atoms with Crippen molar-refractivity contribution in [1.29, 1.82) is 5.26 Å². The van der Waals surface area contributed by atoms with Crippen molar-refractivity contribution in [3.8, 4) is 6.07 Å². The predicted octanol–water partition coefficient (Wildman–Crippen LogP) is 4.23. The fourth-order valence-electron chi connectivity index (χ4n) is 2.95. The molecule has 2 aromatic rings. The van der Waals surface area contributed by atoms with Crippen LogP contribution in [0.25, 0.3) is 5.88 Å². The highest BCUT2D eigenvalue weighted by Crippen LogP contribution is 2.45. The van der Waals surface area contributed by atoms with E-state index in [4.69, 9.17) is 21.1 Å². The predicted molar refractivity (Wildman–Crippen MR) is 93.2 cm³/mol. The Hall–Kier alpha value is -3.04. The van der Waals surface area contributed by atoms with Crippen LogP contribution in [0.3, 0.4) is 0 Å². The van der Waals surface area contributed by atoms with Gasteiger partial charge in [0.2, 0.25) is 5.88 Å². The molecule has 1 aliphatic heterocycles. The van der Waals surface area contributed by atoms with Crippen LogP contribution < -0.4 is 0 Å². The smallest absolute Gasteiger partial charge is 0.338 e. The molecule has 0 saturated carbocycles. The molecule has 2 heterocycles. The maximum atomic E-state index is 14.6. The molecule has 0 amide bonds. The van der Waals surface area contributed by atoms with Crippen molar-refractivity contribution in [2.45, 2.75) is 12.8 Å². The minimum atomic E-state index is -1.05.